The van der Waals surface area contributed by atoms with Crippen molar-refractivity contribution in [2.45, 2.75) is 6.92 Å². The van der Waals surface area contributed by atoms with E-state index in [0.717, 1.165) is 5.69 Å². The Morgan fingerprint density at radius 1 is 1.00 bits per heavy atom. The van der Waals surface area contributed by atoms with Crippen molar-refractivity contribution in [2.75, 3.05) is 11.9 Å². The van der Waals surface area contributed by atoms with Crippen LogP contribution in [0.1, 0.15) is 17.4 Å². The number of benzene rings is 2. The molecule has 5 heteroatoms. The van der Waals surface area contributed by atoms with Gasteiger partial charge < -0.3 is 10.1 Å². The molecule has 0 aliphatic carbocycles. The Morgan fingerprint density at radius 3 is 2.32 bits per heavy atom. The van der Waals surface area contributed by atoms with Crippen molar-refractivity contribution in [3.63, 3.8) is 0 Å². The number of aromatic nitrogens is 2. The van der Waals surface area contributed by atoms with E-state index in [1.807, 2.05) is 54.6 Å². The second-order valence-electron chi connectivity index (χ2n) is 4.62. The molecule has 3 aromatic rings. The maximum absolute atomic E-state index is 12.1. The lowest BCUT2D eigenvalue weighted by Crippen LogP contribution is -2.12. The predicted molar refractivity (Wildman–Crippen MR) is 85.2 cm³/mol. The minimum atomic E-state index is -0.487. The first-order chi connectivity index (χ1) is 10.8. The highest BCUT2D eigenvalue weighted by Gasteiger charge is 2.17. The van der Waals surface area contributed by atoms with Crippen LogP contribution in [-0.4, -0.2) is 22.5 Å². The number of ether oxygens (including phenoxy) is 1. The molecule has 0 saturated heterocycles. The Kier molecular flexibility index (Phi) is 3.96. The monoisotopic (exact) mass is 293 g/mol. The highest BCUT2D eigenvalue weighted by Crippen LogP contribution is 2.21. The van der Waals surface area contributed by atoms with Crippen LogP contribution in [0.2, 0.25) is 0 Å². The predicted octanol–water partition coefficient (Wildman–Crippen LogP) is 3.55. The van der Waals surface area contributed by atoms with Gasteiger partial charge in [0.05, 0.1) is 17.6 Å². The quantitative estimate of drug-likeness (QED) is 0.745. The summed E-state index contributed by atoms with van der Waals surface area (Å²) in [4.78, 5) is 21.0. The molecule has 0 fully saturated rings. The fourth-order valence-electron chi connectivity index (χ4n) is 2.09. The van der Waals surface area contributed by atoms with E-state index in [0.29, 0.717) is 16.9 Å². The van der Waals surface area contributed by atoms with Crippen LogP contribution in [0, 0.1) is 0 Å². The molecule has 5 nitrogen and oxygen atoms in total. The zero-order valence-electron chi connectivity index (χ0n) is 12.1. The van der Waals surface area contributed by atoms with Gasteiger partial charge in [-0.25, -0.2) is 14.8 Å². The van der Waals surface area contributed by atoms with E-state index in [-0.39, 0.29) is 12.3 Å². The minimum absolute atomic E-state index is 0.185. The number of hydrogen-bond donors (Lipinski definition) is 1. The summed E-state index contributed by atoms with van der Waals surface area (Å²) >= 11 is 0. The third-order valence-electron chi connectivity index (χ3n) is 3.08. The molecule has 0 aliphatic rings. The number of carbonyl (C=O) groups excluding carboxylic acids is 1. The number of nitrogens with one attached hydrogen (secondary N) is 1. The molecule has 0 amide bonds. The second-order valence-corrected chi connectivity index (χ2v) is 4.62. The molecule has 0 spiro atoms. The summed E-state index contributed by atoms with van der Waals surface area (Å²) in [5.74, 6) is -0.0949. The number of anilines is 2. The lowest BCUT2D eigenvalue weighted by Gasteiger charge is -2.11. The molecule has 1 heterocycles. The number of hydrogen-bond acceptors (Lipinski definition) is 5. The summed E-state index contributed by atoms with van der Waals surface area (Å²) in [6, 6.07) is 16.9. The highest BCUT2D eigenvalue weighted by atomic mass is 16.5. The SMILES string of the molecule is CCOC(=O)c1nc2ccccc2nc1Nc1ccccc1. The van der Waals surface area contributed by atoms with Gasteiger partial charge in [-0.2, -0.15) is 0 Å². The van der Waals surface area contributed by atoms with Gasteiger partial charge in [0, 0.05) is 5.69 Å². The largest absolute Gasteiger partial charge is 0.461 e. The third-order valence-corrected chi connectivity index (χ3v) is 3.08. The van der Waals surface area contributed by atoms with Crippen LogP contribution in [0.5, 0.6) is 0 Å². The zero-order valence-corrected chi connectivity index (χ0v) is 12.1. The molecule has 0 saturated carbocycles. The molecule has 2 aromatic carbocycles. The Labute approximate surface area is 128 Å². The summed E-state index contributed by atoms with van der Waals surface area (Å²) in [6.45, 7) is 2.05. The van der Waals surface area contributed by atoms with Gasteiger partial charge in [-0.15, -0.1) is 0 Å². The molecule has 0 aliphatic heterocycles. The first-order valence-electron chi connectivity index (χ1n) is 7.04. The molecule has 22 heavy (non-hydrogen) atoms. The fraction of sp³-hybridized carbons (Fsp3) is 0.118. The molecule has 1 N–H and O–H groups in total. The topological polar surface area (TPSA) is 64.1 Å². The maximum Gasteiger partial charge on any atom is 0.360 e. The van der Waals surface area contributed by atoms with E-state index in [9.17, 15) is 4.79 Å². The van der Waals surface area contributed by atoms with Crippen LogP contribution >= 0.6 is 0 Å². The number of esters is 1. The van der Waals surface area contributed by atoms with E-state index in [4.69, 9.17) is 4.74 Å². The molecular formula is C17H15N3O2. The van der Waals surface area contributed by atoms with E-state index < -0.39 is 5.97 Å². The Balaban J connectivity index is 2.08. The summed E-state index contributed by atoms with van der Waals surface area (Å²) in [6.07, 6.45) is 0. The standard InChI is InChI=1S/C17H15N3O2/c1-2-22-17(21)15-16(18-12-8-4-3-5-9-12)20-14-11-7-6-10-13(14)19-15/h3-11H,2H2,1H3,(H,18,20). The van der Waals surface area contributed by atoms with Gasteiger partial charge in [-0.3, -0.25) is 0 Å². The molecule has 1 aromatic heterocycles. The summed E-state index contributed by atoms with van der Waals surface area (Å²) in [7, 11) is 0. The zero-order chi connectivity index (χ0) is 15.4. The minimum Gasteiger partial charge on any atom is -0.461 e. The van der Waals surface area contributed by atoms with Crippen molar-refractivity contribution >= 4 is 28.5 Å². The van der Waals surface area contributed by atoms with Gasteiger partial charge >= 0.3 is 5.97 Å². The molecule has 3 rings (SSSR count). The van der Waals surface area contributed by atoms with E-state index >= 15 is 0 Å². The first-order valence-corrected chi connectivity index (χ1v) is 7.04. The van der Waals surface area contributed by atoms with Crippen molar-refractivity contribution in [3.8, 4) is 0 Å². The average Bonchev–Trinajstić information content (AvgIpc) is 2.55. The van der Waals surface area contributed by atoms with Gasteiger partial charge in [-0.05, 0) is 31.2 Å². The van der Waals surface area contributed by atoms with E-state index in [1.54, 1.807) is 6.92 Å². The summed E-state index contributed by atoms with van der Waals surface area (Å²) < 4.78 is 5.07. The Morgan fingerprint density at radius 2 is 1.64 bits per heavy atom. The van der Waals surface area contributed by atoms with Gasteiger partial charge in [0.25, 0.3) is 0 Å². The third kappa shape index (κ3) is 2.88. The van der Waals surface area contributed by atoms with Gasteiger partial charge in [0.15, 0.2) is 11.5 Å². The van der Waals surface area contributed by atoms with Gasteiger partial charge in [-0.1, -0.05) is 30.3 Å². The van der Waals surface area contributed by atoms with E-state index in [2.05, 4.69) is 15.3 Å². The summed E-state index contributed by atoms with van der Waals surface area (Å²) in [5.41, 5.74) is 2.39. The molecule has 0 unspecified atom stereocenters. The molecule has 0 atom stereocenters. The maximum atomic E-state index is 12.1. The van der Waals surface area contributed by atoms with Crippen molar-refractivity contribution in [2.24, 2.45) is 0 Å². The Hall–Kier alpha value is -2.95. The molecule has 110 valence electrons. The van der Waals surface area contributed by atoms with Crippen molar-refractivity contribution in [1.82, 2.24) is 9.97 Å². The Bertz CT molecular complexity index is 803. The number of carbonyl (C=O) groups is 1. The fourth-order valence-corrected chi connectivity index (χ4v) is 2.09. The summed E-state index contributed by atoms with van der Waals surface area (Å²) in [5, 5.41) is 3.13. The second kappa shape index (κ2) is 6.22. The van der Waals surface area contributed by atoms with Crippen molar-refractivity contribution in [1.29, 1.82) is 0 Å². The lowest BCUT2D eigenvalue weighted by atomic mass is 10.2. The van der Waals surface area contributed by atoms with Crippen LogP contribution in [0.4, 0.5) is 11.5 Å². The van der Waals surface area contributed by atoms with Crippen molar-refractivity contribution < 1.29 is 9.53 Å². The van der Waals surface area contributed by atoms with Crippen LogP contribution in [0.15, 0.2) is 54.6 Å². The van der Waals surface area contributed by atoms with Gasteiger partial charge in [0.1, 0.15) is 0 Å². The average molecular weight is 293 g/mol. The molecular weight excluding hydrogens is 278 g/mol. The molecule has 0 radical (unpaired) electrons. The number of fused-ring (bicyclic) bond motifs is 1. The van der Waals surface area contributed by atoms with Crippen LogP contribution in [0.3, 0.4) is 0 Å². The van der Waals surface area contributed by atoms with Crippen molar-refractivity contribution in [3.05, 3.63) is 60.3 Å². The number of nitrogens with zero attached hydrogens (tertiary/aromatic N) is 2. The number of rotatable bonds is 4. The normalized spacial score (nSPS) is 10.4. The van der Waals surface area contributed by atoms with Crippen LogP contribution in [-0.2, 0) is 4.74 Å². The van der Waals surface area contributed by atoms with Crippen LogP contribution in [0.25, 0.3) is 11.0 Å². The highest BCUT2D eigenvalue weighted by molar-refractivity contribution is 5.96. The lowest BCUT2D eigenvalue weighted by molar-refractivity contribution is 0.0521. The molecule has 0 bridgehead atoms. The van der Waals surface area contributed by atoms with Gasteiger partial charge in [0.2, 0.25) is 0 Å². The van der Waals surface area contributed by atoms with Crippen LogP contribution < -0.4 is 5.32 Å². The number of para-hydroxylation sites is 3. The van der Waals surface area contributed by atoms with E-state index in [1.165, 1.54) is 0 Å². The smallest absolute Gasteiger partial charge is 0.360 e. The first kappa shape index (κ1) is 14.0.